The lowest BCUT2D eigenvalue weighted by Crippen LogP contribution is -2.60. The summed E-state index contributed by atoms with van der Waals surface area (Å²) < 4.78 is 11.9. The average Bonchev–Trinajstić information content (AvgIpc) is 3.30. The van der Waals surface area contributed by atoms with Crippen LogP contribution in [0.5, 0.6) is 0 Å². The van der Waals surface area contributed by atoms with Crippen LogP contribution < -0.4 is 0 Å². The van der Waals surface area contributed by atoms with Crippen molar-refractivity contribution in [1.29, 1.82) is 0 Å². The maximum absolute atomic E-state index is 10.5. The molecule has 14 atom stereocenters. The fraction of sp³-hybridized carbons (Fsp3) is 0.943. The fourth-order valence-electron chi connectivity index (χ4n) is 10.8. The average molecular weight is 577 g/mol. The van der Waals surface area contributed by atoms with Crippen LogP contribution in [0.3, 0.4) is 0 Å². The first-order valence-corrected chi connectivity index (χ1v) is 17.1. The van der Waals surface area contributed by atoms with Gasteiger partial charge < -0.3 is 29.9 Å². The molecule has 4 aliphatic carbocycles. The predicted molar refractivity (Wildman–Crippen MR) is 161 cm³/mol. The zero-order valence-corrected chi connectivity index (χ0v) is 26.7. The summed E-state index contributed by atoms with van der Waals surface area (Å²) in [4.78, 5) is 0. The third kappa shape index (κ3) is 5.73. The van der Waals surface area contributed by atoms with E-state index >= 15 is 0 Å². The van der Waals surface area contributed by atoms with E-state index in [1.54, 1.807) is 0 Å². The zero-order valence-electron chi connectivity index (χ0n) is 26.7. The van der Waals surface area contributed by atoms with E-state index in [1.165, 1.54) is 56.9 Å². The summed E-state index contributed by atoms with van der Waals surface area (Å²) in [7, 11) is 0. The summed E-state index contributed by atoms with van der Waals surface area (Å²) in [6, 6.07) is 0. The highest BCUT2D eigenvalue weighted by Crippen LogP contribution is 2.67. The molecule has 3 saturated carbocycles. The molecule has 0 aromatic rings. The van der Waals surface area contributed by atoms with E-state index in [0.29, 0.717) is 5.41 Å². The maximum Gasteiger partial charge on any atom is 0.186 e. The molecule has 1 heterocycles. The number of fused-ring (bicyclic) bond motifs is 5. The first-order valence-electron chi connectivity index (χ1n) is 17.1. The van der Waals surface area contributed by atoms with Crippen molar-refractivity contribution in [3.05, 3.63) is 11.6 Å². The minimum absolute atomic E-state index is 0.101. The van der Waals surface area contributed by atoms with Crippen LogP contribution in [0.15, 0.2) is 11.6 Å². The van der Waals surface area contributed by atoms with Gasteiger partial charge in [0.25, 0.3) is 0 Å². The van der Waals surface area contributed by atoms with Crippen molar-refractivity contribution < 1.29 is 29.9 Å². The zero-order chi connectivity index (χ0) is 29.7. The quantitative estimate of drug-likeness (QED) is 0.257. The number of hydrogen-bond donors (Lipinski definition) is 4. The van der Waals surface area contributed by atoms with E-state index in [-0.39, 0.29) is 11.5 Å². The van der Waals surface area contributed by atoms with Crippen LogP contribution in [0.4, 0.5) is 0 Å². The Kier molecular flexibility index (Phi) is 9.71. The number of hydrogen-bond acceptors (Lipinski definition) is 6. The molecular formula is C35H60O6. The van der Waals surface area contributed by atoms with Gasteiger partial charge in [0.15, 0.2) is 6.29 Å². The van der Waals surface area contributed by atoms with Crippen molar-refractivity contribution in [2.45, 2.75) is 149 Å². The Morgan fingerprint density at radius 1 is 0.951 bits per heavy atom. The van der Waals surface area contributed by atoms with Crippen LogP contribution in [-0.4, -0.2) is 63.8 Å². The van der Waals surface area contributed by atoms with E-state index < -0.39 is 37.3 Å². The highest BCUT2D eigenvalue weighted by atomic mass is 16.7. The molecule has 0 aromatic carbocycles. The Morgan fingerprint density at radius 3 is 2.39 bits per heavy atom. The minimum Gasteiger partial charge on any atom is -0.394 e. The van der Waals surface area contributed by atoms with Gasteiger partial charge in [0.2, 0.25) is 0 Å². The summed E-state index contributed by atoms with van der Waals surface area (Å²) in [5.41, 5.74) is 2.19. The summed E-state index contributed by atoms with van der Waals surface area (Å²) >= 11 is 0. The molecule has 1 saturated heterocycles. The molecule has 236 valence electrons. The molecule has 0 spiro atoms. The molecule has 0 amide bonds. The van der Waals surface area contributed by atoms with Crippen LogP contribution in [0.25, 0.3) is 0 Å². The van der Waals surface area contributed by atoms with Crippen LogP contribution in [0.2, 0.25) is 0 Å². The monoisotopic (exact) mass is 576 g/mol. The summed E-state index contributed by atoms with van der Waals surface area (Å²) in [5, 5.41) is 40.4. The smallest absolute Gasteiger partial charge is 0.186 e. The molecule has 0 unspecified atom stereocenters. The Morgan fingerprint density at radius 2 is 1.71 bits per heavy atom. The van der Waals surface area contributed by atoms with Gasteiger partial charge in [0.05, 0.1) is 12.7 Å². The van der Waals surface area contributed by atoms with Gasteiger partial charge >= 0.3 is 0 Å². The second-order valence-corrected chi connectivity index (χ2v) is 15.7. The topological polar surface area (TPSA) is 99.4 Å². The van der Waals surface area contributed by atoms with Crippen molar-refractivity contribution in [3.63, 3.8) is 0 Å². The summed E-state index contributed by atoms with van der Waals surface area (Å²) in [5.74, 6) is 5.66. The molecule has 4 N–H and O–H groups in total. The molecule has 1 aliphatic heterocycles. The highest BCUT2D eigenvalue weighted by molar-refractivity contribution is 5.25. The largest absolute Gasteiger partial charge is 0.394 e. The lowest BCUT2D eigenvalue weighted by molar-refractivity contribution is -0.313. The van der Waals surface area contributed by atoms with Crippen LogP contribution in [-0.2, 0) is 9.47 Å². The van der Waals surface area contributed by atoms with E-state index in [4.69, 9.17) is 9.47 Å². The SMILES string of the molecule is CC[C@H](CC[C@@H](C)[C@H]1CC[C@H]2[C@@H]3CC=C4C[C@H](O[C@H]5O[C@H](CO)[C@@H](O)[C@H](O)[C@H]5O)CC[C@]4(C)[C@H]3CC[C@]12C)C(C)C. The lowest BCUT2D eigenvalue weighted by Gasteiger charge is -2.58. The van der Waals surface area contributed by atoms with Crippen molar-refractivity contribution in [1.82, 2.24) is 0 Å². The summed E-state index contributed by atoms with van der Waals surface area (Å²) in [6.45, 7) is 14.5. The number of rotatable bonds is 9. The lowest BCUT2D eigenvalue weighted by atomic mass is 9.47. The number of aliphatic hydroxyl groups excluding tert-OH is 4. The number of allylic oxidation sites excluding steroid dienone is 1. The molecule has 0 radical (unpaired) electrons. The normalized spacial score (nSPS) is 47.7. The molecular weight excluding hydrogens is 516 g/mol. The van der Waals surface area contributed by atoms with E-state index in [9.17, 15) is 20.4 Å². The second-order valence-electron chi connectivity index (χ2n) is 15.7. The molecule has 0 bridgehead atoms. The van der Waals surface area contributed by atoms with E-state index in [2.05, 4.69) is 47.6 Å². The molecule has 0 aromatic heterocycles. The van der Waals surface area contributed by atoms with Crippen molar-refractivity contribution in [2.75, 3.05) is 6.61 Å². The van der Waals surface area contributed by atoms with Gasteiger partial charge in [-0.1, -0.05) is 66.0 Å². The second kappa shape index (κ2) is 12.5. The Labute approximate surface area is 249 Å². The third-order valence-electron chi connectivity index (χ3n) is 13.5. The fourth-order valence-corrected chi connectivity index (χ4v) is 10.8. The molecule has 41 heavy (non-hydrogen) atoms. The molecule has 6 heteroatoms. The molecule has 4 fully saturated rings. The van der Waals surface area contributed by atoms with Crippen LogP contribution >= 0.6 is 0 Å². The first kappa shape index (κ1) is 31.9. The first-order chi connectivity index (χ1) is 19.4. The maximum atomic E-state index is 10.5. The standard InChI is InChI=1S/C35H60O6/c1-7-22(20(2)3)9-8-21(4)26-12-13-27-25-11-10-23-18-24(14-16-34(23,5)28(25)15-17-35(26,27)6)40-33-32(39)31(38)30(37)29(19-36)41-33/h10,20-22,24-33,36-39H,7-9,11-19H2,1-6H3/t21-,22-,24-,25+,26-,27+,28+,29-,30-,31+,32-,33+,34+,35-/m1/s1. The van der Waals surface area contributed by atoms with Crippen molar-refractivity contribution >= 4 is 0 Å². The molecule has 5 rings (SSSR count). The van der Waals surface area contributed by atoms with Gasteiger partial charge in [-0.15, -0.1) is 0 Å². The summed E-state index contributed by atoms with van der Waals surface area (Å²) in [6.07, 6.45) is 9.92. The Hall–Kier alpha value is -0.500. The van der Waals surface area contributed by atoms with Gasteiger partial charge in [-0.05, 0) is 110 Å². The Balaban J connectivity index is 1.24. The minimum atomic E-state index is -1.40. The van der Waals surface area contributed by atoms with Crippen LogP contribution in [0, 0.1) is 52.3 Å². The predicted octanol–water partition coefficient (Wildman–Crippen LogP) is 5.85. The Bertz CT molecular complexity index is 918. The van der Waals surface area contributed by atoms with Crippen molar-refractivity contribution in [3.8, 4) is 0 Å². The van der Waals surface area contributed by atoms with Gasteiger partial charge in [0, 0.05) is 0 Å². The van der Waals surface area contributed by atoms with Crippen LogP contribution in [0.1, 0.15) is 112 Å². The van der Waals surface area contributed by atoms with E-state index in [0.717, 1.165) is 60.7 Å². The van der Waals surface area contributed by atoms with Gasteiger partial charge in [-0.25, -0.2) is 0 Å². The van der Waals surface area contributed by atoms with E-state index in [1.807, 2.05) is 0 Å². The van der Waals surface area contributed by atoms with Gasteiger partial charge in [0.1, 0.15) is 24.4 Å². The highest BCUT2D eigenvalue weighted by Gasteiger charge is 2.59. The van der Waals surface area contributed by atoms with Gasteiger partial charge in [-0.3, -0.25) is 0 Å². The molecule has 5 aliphatic rings. The number of ether oxygens (including phenoxy) is 2. The van der Waals surface area contributed by atoms with Crippen molar-refractivity contribution in [2.24, 2.45) is 52.3 Å². The third-order valence-corrected chi connectivity index (χ3v) is 13.5. The van der Waals surface area contributed by atoms with Gasteiger partial charge in [-0.2, -0.15) is 0 Å². The number of aliphatic hydroxyl groups is 4. The molecule has 6 nitrogen and oxygen atoms in total.